The average molecular weight is 271 g/mol. The first kappa shape index (κ1) is 12.1. The standard InChI is InChI=1S/C13H9N3O4/c1-14-11-6-3-2-4-7-10(6)8(5-9(11)16(19)20)13(18)15-12(7)17/h2-5,14H,1H3,(H,15,17,18). The van der Waals surface area contributed by atoms with E-state index in [1.807, 2.05) is 0 Å². The van der Waals surface area contributed by atoms with Crippen molar-refractivity contribution in [1.82, 2.24) is 5.32 Å². The Balaban J connectivity index is 2.54. The molecule has 0 bridgehead atoms. The predicted molar refractivity (Wildman–Crippen MR) is 71.9 cm³/mol. The van der Waals surface area contributed by atoms with E-state index in [-0.39, 0.29) is 16.9 Å². The first-order valence-electron chi connectivity index (χ1n) is 5.82. The first-order chi connectivity index (χ1) is 9.54. The van der Waals surface area contributed by atoms with Gasteiger partial charge in [-0.3, -0.25) is 25.0 Å². The lowest BCUT2D eigenvalue weighted by Gasteiger charge is -2.18. The molecule has 2 aromatic rings. The zero-order valence-electron chi connectivity index (χ0n) is 10.4. The van der Waals surface area contributed by atoms with Gasteiger partial charge in [0.05, 0.1) is 10.5 Å². The van der Waals surface area contributed by atoms with Crippen LogP contribution in [0.25, 0.3) is 10.8 Å². The molecular formula is C13H9N3O4. The lowest BCUT2D eigenvalue weighted by Crippen LogP contribution is -2.34. The maximum atomic E-state index is 11.9. The second-order valence-electron chi connectivity index (χ2n) is 4.34. The number of hydrogen-bond donors (Lipinski definition) is 2. The van der Waals surface area contributed by atoms with Crippen molar-refractivity contribution in [3.63, 3.8) is 0 Å². The molecule has 1 aliphatic heterocycles. The van der Waals surface area contributed by atoms with Gasteiger partial charge in [0.1, 0.15) is 5.69 Å². The second kappa shape index (κ2) is 4.02. The summed E-state index contributed by atoms with van der Waals surface area (Å²) in [7, 11) is 1.56. The zero-order chi connectivity index (χ0) is 14.4. The van der Waals surface area contributed by atoms with Crippen LogP contribution >= 0.6 is 0 Å². The monoisotopic (exact) mass is 271 g/mol. The number of hydrogen-bond acceptors (Lipinski definition) is 5. The van der Waals surface area contributed by atoms with E-state index in [1.54, 1.807) is 25.2 Å². The largest absolute Gasteiger partial charge is 0.382 e. The molecule has 0 saturated heterocycles. The SMILES string of the molecule is CNc1c([N+](=O)[O-])cc2c3c(cccc13)C(=O)NC2=O. The topological polar surface area (TPSA) is 101 Å². The molecule has 20 heavy (non-hydrogen) atoms. The Labute approximate surface area is 112 Å². The molecule has 0 saturated carbocycles. The Morgan fingerprint density at radius 3 is 2.55 bits per heavy atom. The van der Waals surface area contributed by atoms with Crippen molar-refractivity contribution in [1.29, 1.82) is 0 Å². The Kier molecular flexibility index (Phi) is 2.43. The third-order valence-corrected chi connectivity index (χ3v) is 3.30. The highest BCUT2D eigenvalue weighted by atomic mass is 16.6. The van der Waals surface area contributed by atoms with Crippen LogP contribution in [0, 0.1) is 10.1 Å². The molecule has 0 unspecified atom stereocenters. The molecule has 7 heteroatoms. The Morgan fingerprint density at radius 2 is 1.90 bits per heavy atom. The van der Waals surface area contributed by atoms with Gasteiger partial charge in [0.25, 0.3) is 17.5 Å². The third kappa shape index (κ3) is 1.46. The molecule has 3 rings (SSSR count). The van der Waals surface area contributed by atoms with Crippen LogP contribution in [0.5, 0.6) is 0 Å². The fourth-order valence-corrected chi connectivity index (χ4v) is 2.48. The van der Waals surface area contributed by atoms with Gasteiger partial charge in [-0.15, -0.1) is 0 Å². The van der Waals surface area contributed by atoms with Crippen LogP contribution in [-0.2, 0) is 0 Å². The van der Waals surface area contributed by atoms with Crippen LogP contribution in [0.2, 0.25) is 0 Å². The number of rotatable bonds is 2. The van der Waals surface area contributed by atoms with E-state index in [2.05, 4.69) is 10.6 Å². The van der Waals surface area contributed by atoms with E-state index in [0.29, 0.717) is 16.3 Å². The van der Waals surface area contributed by atoms with Crippen molar-refractivity contribution in [2.24, 2.45) is 0 Å². The summed E-state index contributed by atoms with van der Waals surface area (Å²) in [6.45, 7) is 0. The summed E-state index contributed by atoms with van der Waals surface area (Å²) in [5, 5.41) is 17.0. The highest BCUT2D eigenvalue weighted by molar-refractivity contribution is 6.27. The quantitative estimate of drug-likeness (QED) is 0.491. The molecule has 0 aliphatic carbocycles. The number of benzene rings is 2. The second-order valence-corrected chi connectivity index (χ2v) is 4.34. The highest BCUT2D eigenvalue weighted by Gasteiger charge is 2.30. The third-order valence-electron chi connectivity index (χ3n) is 3.30. The van der Waals surface area contributed by atoms with Crippen LogP contribution in [0.4, 0.5) is 11.4 Å². The number of nitro benzene ring substituents is 1. The fraction of sp³-hybridized carbons (Fsp3) is 0.0769. The van der Waals surface area contributed by atoms with Crippen LogP contribution in [0.1, 0.15) is 20.7 Å². The summed E-state index contributed by atoms with van der Waals surface area (Å²) < 4.78 is 0. The van der Waals surface area contributed by atoms with Gasteiger partial charge in [0.2, 0.25) is 0 Å². The van der Waals surface area contributed by atoms with Gasteiger partial charge >= 0.3 is 0 Å². The lowest BCUT2D eigenvalue weighted by atomic mass is 9.93. The van der Waals surface area contributed by atoms with Crippen molar-refractivity contribution < 1.29 is 14.5 Å². The molecule has 1 heterocycles. The fourth-order valence-electron chi connectivity index (χ4n) is 2.48. The van der Waals surface area contributed by atoms with Gasteiger partial charge in [-0.1, -0.05) is 12.1 Å². The highest BCUT2D eigenvalue weighted by Crippen LogP contribution is 2.38. The van der Waals surface area contributed by atoms with Gasteiger partial charge in [0.15, 0.2) is 0 Å². The lowest BCUT2D eigenvalue weighted by molar-refractivity contribution is -0.383. The number of nitro groups is 1. The molecule has 0 atom stereocenters. The number of imide groups is 1. The first-order valence-corrected chi connectivity index (χ1v) is 5.82. The molecule has 1 aliphatic rings. The molecule has 100 valence electrons. The number of carbonyl (C=O) groups excluding carboxylic acids is 2. The Hall–Kier alpha value is -2.96. The molecule has 2 aromatic carbocycles. The summed E-state index contributed by atoms with van der Waals surface area (Å²) in [6, 6.07) is 6.05. The van der Waals surface area contributed by atoms with Gasteiger partial charge < -0.3 is 5.32 Å². The summed E-state index contributed by atoms with van der Waals surface area (Å²) >= 11 is 0. The molecule has 0 aromatic heterocycles. The van der Waals surface area contributed by atoms with Gasteiger partial charge in [-0.25, -0.2) is 0 Å². The van der Waals surface area contributed by atoms with E-state index >= 15 is 0 Å². The minimum atomic E-state index is -0.621. The zero-order valence-corrected chi connectivity index (χ0v) is 10.4. The molecule has 0 spiro atoms. The van der Waals surface area contributed by atoms with Crippen molar-refractivity contribution in [2.45, 2.75) is 0 Å². The van der Waals surface area contributed by atoms with E-state index in [4.69, 9.17) is 0 Å². The summed E-state index contributed by atoms with van der Waals surface area (Å²) in [6.07, 6.45) is 0. The minimum absolute atomic E-state index is 0.140. The number of nitrogens with one attached hydrogen (secondary N) is 2. The van der Waals surface area contributed by atoms with Crippen LogP contribution in [0.15, 0.2) is 24.3 Å². The van der Waals surface area contributed by atoms with E-state index in [0.717, 1.165) is 0 Å². The van der Waals surface area contributed by atoms with Crippen molar-refractivity contribution in [3.05, 3.63) is 45.5 Å². The number of carbonyl (C=O) groups is 2. The van der Waals surface area contributed by atoms with E-state index in [1.165, 1.54) is 6.07 Å². The summed E-state index contributed by atoms with van der Waals surface area (Å²) in [4.78, 5) is 34.3. The van der Waals surface area contributed by atoms with Gasteiger partial charge in [-0.05, 0) is 6.07 Å². The molecular weight excluding hydrogens is 262 g/mol. The van der Waals surface area contributed by atoms with E-state index < -0.39 is 16.7 Å². The van der Waals surface area contributed by atoms with Crippen LogP contribution < -0.4 is 10.6 Å². The number of amides is 2. The summed E-state index contributed by atoms with van der Waals surface area (Å²) in [5.74, 6) is -1.12. The van der Waals surface area contributed by atoms with E-state index in [9.17, 15) is 19.7 Å². The maximum Gasteiger partial charge on any atom is 0.293 e. The molecule has 2 N–H and O–H groups in total. The van der Waals surface area contributed by atoms with Crippen molar-refractivity contribution >= 4 is 34.0 Å². The summed E-state index contributed by atoms with van der Waals surface area (Å²) in [5.41, 5.74) is 0.569. The van der Waals surface area contributed by atoms with Crippen LogP contribution in [0.3, 0.4) is 0 Å². The average Bonchev–Trinajstić information content (AvgIpc) is 2.43. The molecule has 0 fully saturated rings. The Morgan fingerprint density at radius 1 is 1.20 bits per heavy atom. The maximum absolute atomic E-state index is 11.9. The van der Waals surface area contributed by atoms with Crippen molar-refractivity contribution in [3.8, 4) is 0 Å². The van der Waals surface area contributed by atoms with Gasteiger partial charge in [0, 0.05) is 29.4 Å². The smallest absolute Gasteiger partial charge is 0.293 e. The van der Waals surface area contributed by atoms with Crippen LogP contribution in [-0.4, -0.2) is 23.8 Å². The Bertz CT molecular complexity index is 798. The minimum Gasteiger partial charge on any atom is -0.382 e. The molecule has 0 radical (unpaired) electrons. The van der Waals surface area contributed by atoms with Crippen molar-refractivity contribution in [2.75, 3.05) is 12.4 Å². The normalized spacial score (nSPS) is 13.2. The van der Waals surface area contributed by atoms with Gasteiger partial charge in [-0.2, -0.15) is 0 Å². The molecule has 7 nitrogen and oxygen atoms in total. The predicted octanol–water partition coefficient (Wildman–Crippen LogP) is 1.67. The number of anilines is 1. The molecule has 2 amide bonds. The number of nitrogens with zero attached hydrogens (tertiary/aromatic N) is 1.